The van der Waals surface area contributed by atoms with Crippen molar-refractivity contribution >= 4 is 29.5 Å². The molecule has 0 fully saturated rings. The van der Waals surface area contributed by atoms with E-state index in [2.05, 4.69) is 17.5 Å². The molecule has 0 saturated heterocycles. The van der Waals surface area contributed by atoms with Gasteiger partial charge in [0.15, 0.2) is 0 Å². The van der Waals surface area contributed by atoms with Crippen molar-refractivity contribution < 1.29 is 4.79 Å². The van der Waals surface area contributed by atoms with E-state index >= 15 is 0 Å². The third-order valence-electron chi connectivity index (χ3n) is 3.97. The molecule has 0 radical (unpaired) electrons. The zero-order valence-electron chi connectivity index (χ0n) is 13.2. The lowest BCUT2D eigenvalue weighted by Gasteiger charge is -2.16. The number of hydrogen-bond acceptors (Lipinski definition) is 3. The first-order valence-electron chi connectivity index (χ1n) is 7.89. The Morgan fingerprint density at radius 1 is 1.35 bits per heavy atom. The lowest BCUT2D eigenvalue weighted by Crippen LogP contribution is -2.15. The highest BCUT2D eigenvalue weighted by Gasteiger charge is 2.20. The van der Waals surface area contributed by atoms with Gasteiger partial charge in [-0.1, -0.05) is 43.3 Å². The molecule has 0 unspecified atom stereocenters. The van der Waals surface area contributed by atoms with E-state index in [9.17, 15) is 4.79 Å². The van der Waals surface area contributed by atoms with Gasteiger partial charge in [0.2, 0.25) is 0 Å². The van der Waals surface area contributed by atoms with Crippen LogP contribution in [0, 0.1) is 5.92 Å². The summed E-state index contributed by atoms with van der Waals surface area (Å²) in [5, 5.41) is 3.98. The van der Waals surface area contributed by atoms with Crippen molar-refractivity contribution in [2.45, 2.75) is 26.2 Å². The summed E-state index contributed by atoms with van der Waals surface area (Å²) in [6, 6.07) is 12.0. The molecule has 1 amide bonds. The molecule has 118 valence electrons. The van der Waals surface area contributed by atoms with Gasteiger partial charge in [-0.3, -0.25) is 4.79 Å². The maximum absolute atomic E-state index is 12.1. The van der Waals surface area contributed by atoms with Crippen LogP contribution in [0.15, 0.2) is 47.6 Å². The Bertz CT molecular complexity index is 731. The number of thiophene rings is 1. The normalized spacial score (nSPS) is 17.5. The molecule has 3 rings (SSSR count). The molecule has 1 aromatic heterocycles. The highest BCUT2D eigenvalue weighted by atomic mass is 32.1. The molecule has 1 heterocycles. The molecule has 2 aromatic rings. The van der Waals surface area contributed by atoms with Crippen molar-refractivity contribution in [2.75, 3.05) is 0 Å². The molecule has 1 aliphatic carbocycles. The van der Waals surface area contributed by atoms with E-state index in [0.29, 0.717) is 5.92 Å². The molecule has 1 N–H and O–H groups in total. The van der Waals surface area contributed by atoms with E-state index in [1.807, 2.05) is 48.6 Å². The van der Waals surface area contributed by atoms with Crippen molar-refractivity contribution in [1.29, 1.82) is 0 Å². The predicted molar refractivity (Wildman–Crippen MR) is 96.9 cm³/mol. The van der Waals surface area contributed by atoms with Crippen LogP contribution in [0.3, 0.4) is 0 Å². The van der Waals surface area contributed by atoms with Gasteiger partial charge >= 0.3 is 0 Å². The maximum Gasteiger partial charge on any atom is 0.281 e. The Balaban J connectivity index is 1.55. The van der Waals surface area contributed by atoms with Crippen LogP contribution in [0.5, 0.6) is 0 Å². The summed E-state index contributed by atoms with van der Waals surface area (Å²) in [6.45, 7) is 2.27. The van der Waals surface area contributed by atoms with E-state index in [4.69, 9.17) is 0 Å². The first-order chi connectivity index (χ1) is 11.2. The van der Waals surface area contributed by atoms with Gasteiger partial charge in [0.25, 0.3) is 5.91 Å². The third kappa shape index (κ3) is 4.17. The van der Waals surface area contributed by atoms with Gasteiger partial charge in [0.05, 0.1) is 4.88 Å². The van der Waals surface area contributed by atoms with Crippen LogP contribution in [-0.2, 0) is 12.8 Å². The van der Waals surface area contributed by atoms with E-state index in [0.717, 1.165) is 23.3 Å². The van der Waals surface area contributed by atoms with Crippen molar-refractivity contribution in [3.05, 3.63) is 63.4 Å². The van der Waals surface area contributed by atoms with Gasteiger partial charge in [-0.05, 0) is 48.4 Å². The van der Waals surface area contributed by atoms with Crippen LogP contribution in [0.25, 0.3) is 6.08 Å². The van der Waals surface area contributed by atoms with Crippen molar-refractivity contribution in [3.63, 3.8) is 0 Å². The van der Waals surface area contributed by atoms with E-state index in [1.165, 1.54) is 16.9 Å². The number of nitrogens with zero attached hydrogens (tertiary/aromatic N) is 1. The second-order valence-electron chi connectivity index (χ2n) is 5.90. The minimum absolute atomic E-state index is 0.124. The zero-order chi connectivity index (χ0) is 16.1. The monoisotopic (exact) mass is 324 g/mol. The summed E-state index contributed by atoms with van der Waals surface area (Å²) in [6.07, 6.45) is 8.76. The molecule has 4 heteroatoms. The Labute approximate surface area is 140 Å². The van der Waals surface area contributed by atoms with E-state index < -0.39 is 0 Å². The predicted octanol–water partition coefficient (Wildman–Crippen LogP) is 4.30. The second kappa shape index (κ2) is 7.38. The van der Waals surface area contributed by atoms with Crippen molar-refractivity contribution in [1.82, 2.24) is 5.43 Å². The first-order valence-corrected chi connectivity index (χ1v) is 8.71. The molecular weight excluding hydrogens is 304 g/mol. The number of nitrogens with one attached hydrogen (secondary N) is 1. The molecule has 1 atom stereocenters. The topological polar surface area (TPSA) is 41.5 Å². The highest BCUT2D eigenvalue weighted by molar-refractivity contribution is 7.14. The average molecular weight is 324 g/mol. The van der Waals surface area contributed by atoms with Crippen LogP contribution < -0.4 is 5.43 Å². The largest absolute Gasteiger partial charge is 0.281 e. The summed E-state index contributed by atoms with van der Waals surface area (Å²) in [5.74, 6) is 0.593. The SMILES string of the molecule is C[C@H]1CCc2sc(C(=O)N/N=C\C=C\c3ccccc3)cc2C1. The molecule has 0 bridgehead atoms. The van der Waals surface area contributed by atoms with Gasteiger partial charge in [0.1, 0.15) is 0 Å². The molecule has 1 aliphatic rings. The Morgan fingerprint density at radius 2 is 2.17 bits per heavy atom. The van der Waals surface area contributed by atoms with Gasteiger partial charge in [0, 0.05) is 11.1 Å². The van der Waals surface area contributed by atoms with Crippen LogP contribution in [0.4, 0.5) is 0 Å². The van der Waals surface area contributed by atoms with Gasteiger partial charge < -0.3 is 0 Å². The number of allylic oxidation sites excluding steroid dienone is 1. The summed E-state index contributed by atoms with van der Waals surface area (Å²) in [5.41, 5.74) is 5.04. The molecule has 1 aromatic carbocycles. The van der Waals surface area contributed by atoms with Gasteiger partial charge in [-0.25, -0.2) is 5.43 Å². The lowest BCUT2D eigenvalue weighted by molar-refractivity contribution is 0.0959. The number of amides is 1. The molecule has 3 nitrogen and oxygen atoms in total. The fourth-order valence-corrected chi connectivity index (χ4v) is 3.83. The number of hydrogen-bond donors (Lipinski definition) is 1. The third-order valence-corrected chi connectivity index (χ3v) is 5.20. The summed E-state index contributed by atoms with van der Waals surface area (Å²) < 4.78 is 0. The second-order valence-corrected chi connectivity index (χ2v) is 7.03. The number of carbonyl (C=O) groups excluding carboxylic acids is 1. The minimum Gasteiger partial charge on any atom is -0.266 e. The Morgan fingerprint density at radius 3 is 3.00 bits per heavy atom. The number of aryl methyl sites for hydroxylation is 1. The maximum atomic E-state index is 12.1. The number of rotatable bonds is 4. The summed E-state index contributed by atoms with van der Waals surface area (Å²) in [7, 11) is 0. The number of benzene rings is 1. The van der Waals surface area contributed by atoms with Crippen molar-refractivity contribution in [2.24, 2.45) is 11.0 Å². The summed E-state index contributed by atoms with van der Waals surface area (Å²) in [4.78, 5) is 14.3. The number of fused-ring (bicyclic) bond motifs is 1. The zero-order valence-corrected chi connectivity index (χ0v) is 14.0. The molecule has 0 spiro atoms. The van der Waals surface area contributed by atoms with Crippen LogP contribution >= 0.6 is 11.3 Å². The van der Waals surface area contributed by atoms with Gasteiger partial charge in [-0.15, -0.1) is 11.3 Å². The Kier molecular flexibility index (Phi) is 5.03. The van der Waals surface area contributed by atoms with Gasteiger partial charge in [-0.2, -0.15) is 5.10 Å². The molecular formula is C19H20N2OS. The smallest absolute Gasteiger partial charge is 0.266 e. The standard InChI is InChI=1S/C19H20N2OS/c1-14-9-10-17-16(12-14)13-18(23-17)19(22)21-20-11-5-8-15-6-3-2-4-7-15/h2-8,11,13-14H,9-10,12H2,1H3,(H,21,22)/b8-5+,20-11-/t14-/m0/s1. The molecule has 23 heavy (non-hydrogen) atoms. The highest BCUT2D eigenvalue weighted by Crippen LogP contribution is 2.32. The van der Waals surface area contributed by atoms with E-state index in [-0.39, 0.29) is 5.91 Å². The lowest BCUT2D eigenvalue weighted by atomic mass is 9.90. The minimum atomic E-state index is -0.124. The van der Waals surface area contributed by atoms with Crippen LogP contribution in [-0.4, -0.2) is 12.1 Å². The fraction of sp³-hybridized carbons (Fsp3) is 0.263. The first kappa shape index (κ1) is 15.7. The molecule has 0 saturated carbocycles. The Hall–Kier alpha value is -2.20. The number of hydrazone groups is 1. The average Bonchev–Trinajstić information content (AvgIpc) is 2.98. The fourth-order valence-electron chi connectivity index (χ4n) is 2.73. The quantitative estimate of drug-likeness (QED) is 0.661. The van der Waals surface area contributed by atoms with Crippen molar-refractivity contribution in [3.8, 4) is 0 Å². The number of carbonyl (C=O) groups is 1. The molecule has 0 aliphatic heterocycles. The van der Waals surface area contributed by atoms with Crippen LogP contribution in [0.1, 0.15) is 39.0 Å². The van der Waals surface area contributed by atoms with Crippen LogP contribution in [0.2, 0.25) is 0 Å². The van der Waals surface area contributed by atoms with E-state index in [1.54, 1.807) is 17.6 Å². The summed E-state index contributed by atoms with van der Waals surface area (Å²) >= 11 is 1.60.